The molecule has 2 aromatic heterocycles. The summed E-state index contributed by atoms with van der Waals surface area (Å²) in [6.07, 6.45) is 1.95. The van der Waals surface area contributed by atoms with Gasteiger partial charge in [-0.15, -0.1) is 0 Å². The van der Waals surface area contributed by atoms with Crippen LogP contribution in [0.3, 0.4) is 0 Å². The van der Waals surface area contributed by atoms with Gasteiger partial charge in [-0.3, -0.25) is 9.48 Å². The number of ether oxygens (including phenoxy) is 1. The van der Waals surface area contributed by atoms with E-state index in [-0.39, 0.29) is 11.9 Å². The number of morpholine rings is 1. The van der Waals surface area contributed by atoms with Crippen molar-refractivity contribution >= 4 is 22.6 Å². The van der Waals surface area contributed by atoms with E-state index in [2.05, 4.69) is 15.3 Å². The number of nitrogens with zero attached hydrogens (tertiary/aromatic N) is 4. The highest BCUT2D eigenvalue weighted by Gasteiger charge is 2.20. The number of anilines is 1. The van der Waals surface area contributed by atoms with Crippen LogP contribution >= 0.6 is 0 Å². The third kappa shape index (κ3) is 3.57. The molecule has 7 heteroatoms. The zero-order chi connectivity index (χ0) is 19.7. The van der Waals surface area contributed by atoms with E-state index in [0.717, 1.165) is 41.1 Å². The van der Waals surface area contributed by atoms with E-state index in [9.17, 15) is 4.79 Å². The lowest BCUT2D eigenvalue weighted by Crippen LogP contribution is -2.37. The lowest BCUT2D eigenvalue weighted by Gasteiger charge is -2.28. The average molecular weight is 379 g/mol. The summed E-state index contributed by atoms with van der Waals surface area (Å²) in [4.78, 5) is 20.1. The van der Waals surface area contributed by atoms with Crippen LogP contribution in [0.4, 0.5) is 5.82 Å². The number of aromatic nitrogens is 3. The predicted molar refractivity (Wildman–Crippen MR) is 109 cm³/mol. The first kappa shape index (κ1) is 18.4. The maximum Gasteiger partial charge on any atom is 0.252 e. The van der Waals surface area contributed by atoms with Crippen molar-refractivity contribution in [3.63, 3.8) is 0 Å². The van der Waals surface area contributed by atoms with Gasteiger partial charge in [0.15, 0.2) is 0 Å². The van der Waals surface area contributed by atoms with E-state index < -0.39 is 0 Å². The van der Waals surface area contributed by atoms with Crippen molar-refractivity contribution in [1.29, 1.82) is 0 Å². The number of pyridine rings is 1. The molecule has 0 radical (unpaired) electrons. The van der Waals surface area contributed by atoms with E-state index in [1.807, 2.05) is 57.4 Å². The Balaban J connectivity index is 1.67. The molecule has 1 aromatic carbocycles. The smallest absolute Gasteiger partial charge is 0.252 e. The minimum absolute atomic E-state index is 0.108. The Labute approximate surface area is 164 Å². The third-order valence-corrected chi connectivity index (χ3v) is 5.15. The van der Waals surface area contributed by atoms with Gasteiger partial charge < -0.3 is 15.0 Å². The zero-order valence-corrected chi connectivity index (χ0v) is 16.5. The normalized spacial score (nSPS) is 15.6. The van der Waals surface area contributed by atoms with Gasteiger partial charge >= 0.3 is 0 Å². The molecule has 0 aliphatic carbocycles. The van der Waals surface area contributed by atoms with Crippen LogP contribution in [0.5, 0.6) is 0 Å². The van der Waals surface area contributed by atoms with Gasteiger partial charge in [0.2, 0.25) is 0 Å². The first-order chi connectivity index (χ1) is 13.5. The molecule has 1 N–H and O–H groups in total. The van der Waals surface area contributed by atoms with Gasteiger partial charge in [-0.25, -0.2) is 4.98 Å². The summed E-state index contributed by atoms with van der Waals surface area (Å²) < 4.78 is 7.21. The van der Waals surface area contributed by atoms with Crippen LogP contribution in [0, 0.1) is 6.92 Å². The zero-order valence-electron chi connectivity index (χ0n) is 16.5. The third-order valence-electron chi connectivity index (χ3n) is 5.15. The minimum atomic E-state index is -0.139. The first-order valence-electron chi connectivity index (χ1n) is 9.56. The van der Waals surface area contributed by atoms with Gasteiger partial charge in [0, 0.05) is 37.3 Å². The number of fused-ring (bicyclic) bond motifs is 1. The number of benzene rings is 1. The van der Waals surface area contributed by atoms with E-state index in [4.69, 9.17) is 9.72 Å². The average Bonchev–Trinajstić information content (AvgIpc) is 3.06. The van der Waals surface area contributed by atoms with Crippen LogP contribution in [-0.4, -0.2) is 47.0 Å². The monoisotopic (exact) mass is 379 g/mol. The fourth-order valence-corrected chi connectivity index (χ4v) is 3.70. The summed E-state index contributed by atoms with van der Waals surface area (Å²) in [6.45, 7) is 6.83. The number of carbonyl (C=O) groups is 1. The number of hydrogen-bond donors (Lipinski definition) is 1. The fraction of sp³-hybridized carbons (Fsp3) is 0.381. The Morgan fingerprint density at radius 3 is 2.71 bits per heavy atom. The van der Waals surface area contributed by atoms with Gasteiger partial charge in [-0.2, -0.15) is 5.10 Å². The molecule has 1 aliphatic heterocycles. The molecule has 1 atom stereocenters. The van der Waals surface area contributed by atoms with Gasteiger partial charge in [-0.05, 0) is 26.0 Å². The van der Waals surface area contributed by atoms with Gasteiger partial charge in [0.05, 0.1) is 36.0 Å². The second-order valence-corrected chi connectivity index (χ2v) is 7.18. The summed E-state index contributed by atoms with van der Waals surface area (Å²) in [5.41, 5.74) is 3.40. The molecule has 1 fully saturated rings. The van der Waals surface area contributed by atoms with Crippen LogP contribution in [0.1, 0.15) is 34.6 Å². The van der Waals surface area contributed by atoms with Crippen LogP contribution < -0.4 is 10.2 Å². The molecule has 1 unspecified atom stereocenters. The fourth-order valence-electron chi connectivity index (χ4n) is 3.70. The predicted octanol–water partition coefficient (Wildman–Crippen LogP) is 2.60. The van der Waals surface area contributed by atoms with E-state index >= 15 is 0 Å². The molecule has 0 spiro atoms. The Kier molecular flexibility index (Phi) is 5.00. The summed E-state index contributed by atoms with van der Waals surface area (Å²) >= 11 is 0. The van der Waals surface area contributed by atoms with Gasteiger partial charge in [0.1, 0.15) is 5.82 Å². The van der Waals surface area contributed by atoms with Crippen molar-refractivity contribution in [3.8, 4) is 0 Å². The van der Waals surface area contributed by atoms with Crippen molar-refractivity contribution in [2.75, 3.05) is 31.2 Å². The molecular weight excluding hydrogens is 354 g/mol. The second kappa shape index (κ2) is 7.59. The minimum Gasteiger partial charge on any atom is -0.378 e. The molecule has 1 amide bonds. The molecule has 146 valence electrons. The number of carbonyl (C=O) groups excluding carboxylic acids is 1. The Morgan fingerprint density at radius 2 is 2.00 bits per heavy atom. The molecule has 7 nitrogen and oxygen atoms in total. The standard InChI is InChI=1S/C21H25N5O2/c1-14(18-13-25(3)24-15(18)2)22-21(27)17-12-20(26-8-10-28-11-9-26)23-19-7-5-4-6-16(17)19/h4-7,12-14H,8-11H2,1-3H3,(H,22,27). The topological polar surface area (TPSA) is 72.3 Å². The highest BCUT2D eigenvalue weighted by atomic mass is 16.5. The van der Waals surface area contributed by atoms with Crippen LogP contribution in [-0.2, 0) is 11.8 Å². The maximum atomic E-state index is 13.2. The number of hydrogen-bond acceptors (Lipinski definition) is 5. The molecular formula is C21H25N5O2. The number of para-hydroxylation sites is 1. The first-order valence-corrected chi connectivity index (χ1v) is 9.56. The molecule has 1 saturated heterocycles. The Bertz CT molecular complexity index is 1010. The van der Waals surface area contributed by atoms with Crippen LogP contribution in [0.15, 0.2) is 36.5 Å². The molecule has 4 rings (SSSR count). The SMILES string of the molecule is Cc1nn(C)cc1C(C)NC(=O)c1cc(N2CCOCC2)nc2ccccc12. The summed E-state index contributed by atoms with van der Waals surface area (Å²) in [7, 11) is 1.88. The van der Waals surface area contributed by atoms with Gasteiger partial charge in [0.25, 0.3) is 5.91 Å². The maximum absolute atomic E-state index is 13.2. The summed E-state index contributed by atoms with van der Waals surface area (Å²) in [5, 5.41) is 8.35. The number of nitrogens with one attached hydrogen (secondary N) is 1. The van der Waals surface area contributed by atoms with E-state index in [0.29, 0.717) is 18.8 Å². The van der Waals surface area contributed by atoms with Crippen molar-refractivity contribution in [2.24, 2.45) is 7.05 Å². The Hall–Kier alpha value is -2.93. The number of amides is 1. The molecule has 3 heterocycles. The Morgan fingerprint density at radius 1 is 1.25 bits per heavy atom. The van der Waals surface area contributed by atoms with Crippen molar-refractivity contribution in [2.45, 2.75) is 19.9 Å². The van der Waals surface area contributed by atoms with Crippen molar-refractivity contribution < 1.29 is 9.53 Å². The van der Waals surface area contributed by atoms with E-state index in [1.54, 1.807) is 4.68 Å². The number of aryl methyl sites for hydroxylation is 2. The molecule has 0 bridgehead atoms. The van der Waals surface area contributed by atoms with Crippen molar-refractivity contribution in [3.05, 3.63) is 53.3 Å². The molecule has 1 aliphatic rings. The summed E-state index contributed by atoms with van der Waals surface area (Å²) in [5.74, 6) is 0.709. The lowest BCUT2D eigenvalue weighted by atomic mass is 10.1. The largest absolute Gasteiger partial charge is 0.378 e. The lowest BCUT2D eigenvalue weighted by molar-refractivity contribution is 0.0941. The highest BCUT2D eigenvalue weighted by molar-refractivity contribution is 6.07. The molecule has 3 aromatic rings. The van der Waals surface area contributed by atoms with Crippen LogP contribution in [0.25, 0.3) is 10.9 Å². The molecule has 0 saturated carbocycles. The van der Waals surface area contributed by atoms with Gasteiger partial charge in [-0.1, -0.05) is 18.2 Å². The second-order valence-electron chi connectivity index (χ2n) is 7.18. The quantitative estimate of drug-likeness (QED) is 0.754. The van der Waals surface area contributed by atoms with E-state index in [1.165, 1.54) is 0 Å². The highest BCUT2D eigenvalue weighted by Crippen LogP contribution is 2.25. The van der Waals surface area contributed by atoms with Crippen LogP contribution in [0.2, 0.25) is 0 Å². The van der Waals surface area contributed by atoms with Crippen molar-refractivity contribution in [1.82, 2.24) is 20.1 Å². The summed E-state index contributed by atoms with van der Waals surface area (Å²) in [6, 6.07) is 9.53. The molecule has 28 heavy (non-hydrogen) atoms. The number of rotatable bonds is 4.